The number of hydrogen-bond acceptors (Lipinski definition) is 9. The number of nitrogens with zero attached hydrogens (tertiary/aromatic N) is 2. The topological polar surface area (TPSA) is 216 Å². The maximum absolute atomic E-state index is 12.7. The highest BCUT2D eigenvalue weighted by molar-refractivity contribution is 7.86. The summed E-state index contributed by atoms with van der Waals surface area (Å²) < 4.78 is 74.7. The minimum atomic E-state index is -4.56. The van der Waals surface area contributed by atoms with Crippen molar-refractivity contribution in [3.8, 4) is 0 Å². The smallest absolute Gasteiger partial charge is 0.338 e. The van der Waals surface area contributed by atoms with E-state index in [2.05, 4.69) is 18.4 Å². The van der Waals surface area contributed by atoms with Gasteiger partial charge in [0.2, 0.25) is 5.69 Å². The number of anilines is 1. The van der Waals surface area contributed by atoms with Crippen LogP contribution < -0.4 is 4.90 Å². The van der Waals surface area contributed by atoms with Gasteiger partial charge in [-0.3, -0.25) is 18.7 Å². The van der Waals surface area contributed by atoms with Crippen LogP contribution >= 0.6 is 0 Å². The van der Waals surface area contributed by atoms with Gasteiger partial charge in [-0.15, -0.1) is 0 Å². The number of benzene rings is 2. The molecule has 0 aromatic heterocycles. The fraction of sp³-hybridized carbons (Fsp3) is 0.476. The van der Waals surface area contributed by atoms with E-state index in [0.29, 0.717) is 55.5 Å². The lowest BCUT2D eigenvalue weighted by molar-refractivity contribution is -0.438. The lowest BCUT2D eigenvalue weighted by Gasteiger charge is -2.30. The van der Waals surface area contributed by atoms with Gasteiger partial charge in [0.25, 0.3) is 20.2 Å². The van der Waals surface area contributed by atoms with Gasteiger partial charge in [0.15, 0.2) is 5.71 Å². The Morgan fingerprint density at radius 2 is 1.48 bits per heavy atom. The molecule has 58 heavy (non-hydrogen) atoms. The van der Waals surface area contributed by atoms with Crippen molar-refractivity contribution in [2.45, 2.75) is 108 Å². The average Bonchev–Trinajstić information content (AvgIpc) is 3.48. The Hall–Kier alpha value is -4.64. The molecule has 2 aromatic rings. The summed E-state index contributed by atoms with van der Waals surface area (Å²) in [5, 5.41) is 18.2. The van der Waals surface area contributed by atoms with Crippen molar-refractivity contribution in [3.05, 3.63) is 89.2 Å². The Balaban J connectivity index is 1.74. The van der Waals surface area contributed by atoms with E-state index in [9.17, 15) is 40.3 Å². The number of unbranched alkanes of at least 4 members (excludes halogenated alkanes) is 4. The van der Waals surface area contributed by atoms with E-state index < -0.39 is 54.7 Å². The van der Waals surface area contributed by atoms with Gasteiger partial charge in [0.05, 0.1) is 28.2 Å². The van der Waals surface area contributed by atoms with Crippen LogP contribution in [0, 0.1) is 0 Å². The van der Waals surface area contributed by atoms with E-state index in [-0.39, 0.29) is 37.3 Å². The summed E-state index contributed by atoms with van der Waals surface area (Å²) in [6, 6.07) is 9.78. The molecule has 0 aliphatic carbocycles. The fourth-order valence-electron chi connectivity index (χ4n) is 7.87. The normalized spacial score (nSPS) is 18.4. The number of aliphatic carboxylic acids is 2. The molecule has 16 heteroatoms. The van der Waals surface area contributed by atoms with Crippen LogP contribution in [0.4, 0.5) is 11.4 Å². The zero-order chi connectivity index (χ0) is 42.9. The zero-order valence-corrected chi connectivity index (χ0v) is 35.1. The van der Waals surface area contributed by atoms with E-state index in [1.165, 1.54) is 12.1 Å². The molecule has 14 nitrogen and oxygen atoms in total. The van der Waals surface area contributed by atoms with Gasteiger partial charge in [-0.05, 0) is 102 Å². The van der Waals surface area contributed by atoms with Crippen molar-refractivity contribution in [2.75, 3.05) is 30.3 Å². The number of rotatable bonds is 22. The average molecular weight is 844 g/mol. The van der Waals surface area contributed by atoms with Crippen molar-refractivity contribution in [1.82, 2.24) is 0 Å². The number of carbonyl (C=O) groups is 3. The molecule has 0 saturated heterocycles. The molecule has 2 aromatic carbocycles. The predicted octanol–water partition coefficient (Wildman–Crippen LogP) is 7.22. The second kappa shape index (κ2) is 19.4. The second-order valence-electron chi connectivity index (χ2n) is 15.3. The standard InChI is InChI=1S/C42H54N2O12S2/c1-5-56-40(49)30-20-22-34-32(28-30)41(2,3)36(43(34)25-14-8-12-19-39(47)48)16-9-6-10-17-37-42(4,24-13-7-11-18-38(45)46)33-29-31(58(53,54)55)21-23-35(33)44(37)26-15-27-57(50,51)52/h6,9-10,16-17,20-23,28-29H,5,7-8,11-15,18-19,24-27H2,1-4H3,(H3-,45,46,47,48,50,51,52,53,54,55)/p+1. The minimum absolute atomic E-state index is 0.00926. The SMILES string of the molecule is CCOC(=O)c1ccc2c(c1)C(C)(C)C(/C=C/C=C/C=C1\N(CCCS(=O)(=O)O)c3ccc(S(=O)(=O)O)cc3C1(C)CCCCCC(=O)O)=[N+]2CCCCCC(=O)O. The largest absolute Gasteiger partial charge is 0.481 e. The van der Waals surface area contributed by atoms with Crippen molar-refractivity contribution >= 4 is 55.2 Å². The van der Waals surface area contributed by atoms with Gasteiger partial charge in [0.1, 0.15) is 6.54 Å². The van der Waals surface area contributed by atoms with Gasteiger partial charge in [-0.2, -0.15) is 21.4 Å². The summed E-state index contributed by atoms with van der Waals surface area (Å²) in [5.74, 6) is -2.64. The first kappa shape index (κ1) is 46.1. The zero-order valence-electron chi connectivity index (χ0n) is 33.5. The summed E-state index contributed by atoms with van der Waals surface area (Å²) >= 11 is 0. The monoisotopic (exact) mass is 843 g/mol. The number of fused-ring (bicyclic) bond motifs is 2. The van der Waals surface area contributed by atoms with Gasteiger partial charge in [-0.25, -0.2) is 4.79 Å². The summed E-state index contributed by atoms with van der Waals surface area (Å²) in [5.41, 5.74) is 3.88. The molecule has 0 radical (unpaired) electrons. The number of carbonyl (C=O) groups excluding carboxylic acids is 1. The van der Waals surface area contributed by atoms with Crippen LogP contribution in [-0.4, -0.2) is 89.8 Å². The number of carboxylic acid groups (broad SMARTS) is 2. The molecule has 4 rings (SSSR count). The third kappa shape index (κ3) is 11.5. The summed E-state index contributed by atoms with van der Waals surface area (Å²) in [4.78, 5) is 36.5. The van der Waals surface area contributed by atoms with Crippen molar-refractivity contribution in [1.29, 1.82) is 0 Å². The first-order chi connectivity index (χ1) is 27.2. The molecule has 0 amide bonds. The van der Waals surface area contributed by atoms with Crippen molar-refractivity contribution < 1.29 is 59.9 Å². The van der Waals surface area contributed by atoms with E-state index >= 15 is 0 Å². The molecule has 4 N–H and O–H groups in total. The summed E-state index contributed by atoms with van der Waals surface area (Å²) in [6.45, 7) is 8.86. The number of esters is 1. The molecule has 2 aliphatic heterocycles. The molecule has 316 valence electrons. The van der Waals surface area contributed by atoms with E-state index in [4.69, 9.17) is 14.9 Å². The fourth-order valence-corrected chi connectivity index (χ4v) is 8.87. The Bertz CT molecular complexity index is 2220. The molecule has 0 bridgehead atoms. The van der Waals surface area contributed by atoms with Gasteiger partial charge in [-0.1, -0.05) is 31.1 Å². The molecule has 2 aliphatic rings. The molecule has 0 saturated carbocycles. The Labute approximate surface area is 341 Å². The number of carboxylic acids is 2. The van der Waals surface area contributed by atoms with E-state index in [0.717, 1.165) is 35.5 Å². The highest BCUT2D eigenvalue weighted by Crippen LogP contribution is 2.51. The van der Waals surface area contributed by atoms with Crippen LogP contribution in [0.1, 0.15) is 113 Å². The van der Waals surface area contributed by atoms with E-state index in [1.54, 1.807) is 19.1 Å². The lowest BCUT2D eigenvalue weighted by atomic mass is 9.77. The number of ether oxygens (including phenoxy) is 1. The minimum Gasteiger partial charge on any atom is -0.481 e. The van der Waals surface area contributed by atoms with Crippen LogP contribution in [-0.2, 0) is 45.4 Å². The summed E-state index contributed by atoms with van der Waals surface area (Å²) in [6.07, 6.45) is 13.7. The maximum atomic E-state index is 12.7. The highest BCUT2D eigenvalue weighted by atomic mass is 32.2. The van der Waals surface area contributed by atoms with Crippen LogP contribution in [0.15, 0.2) is 77.4 Å². The third-order valence-corrected chi connectivity index (χ3v) is 12.4. The molecule has 1 unspecified atom stereocenters. The quantitative estimate of drug-likeness (QED) is 0.0303. The van der Waals surface area contributed by atoms with Crippen molar-refractivity contribution in [2.24, 2.45) is 0 Å². The molecule has 2 heterocycles. The van der Waals surface area contributed by atoms with Gasteiger partial charge >= 0.3 is 17.9 Å². The first-order valence-electron chi connectivity index (χ1n) is 19.5. The van der Waals surface area contributed by atoms with Gasteiger partial charge < -0.3 is 19.8 Å². The molecular formula is C42H55N2O12S2+. The van der Waals surface area contributed by atoms with E-state index in [1.807, 2.05) is 54.3 Å². The van der Waals surface area contributed by atoms with Crippen LogP contribution in [0.25, 0.3) is 0 Å². The number of allylic oxidation sites excluding steroid dienone is 6. The maximum Gasteiger partial charge on any atom is 0.338 e. The predicted molar refractivity (Wildman–Crippen MR) is 220 cm³/mol. The Kier molecular flexibility index (Phi) is 15.4. The Morgan fingerprint density at radius 3 is 2.10 bits per heavy atom. The lowest BCUT2D eigenvalue weighted by Crippen LogP contribution is -2.30. The number of hydrogen-bond donors (Lipinski definition) is 4. The first-order valence-corrected chi connectivity index (χ1v) is 22.6. The molecular weight excluding hydrogens is 789 g/mol. The van der Waals surface area contributed by atoms with Crippen LogP contribution in [0.5, 0.6) is 0 Å². The Morgan fingerprint density at radius 1 is 0.810 bits per heavy atom. The highest BCUT2D eigenvalue weighted by Gasteiger charge is 2.45. The molecule has 0 spiro atoms. The van der Waals surface area contributed by atoms with Gasteiger partial charge in [0, 0.05) is 60.3 Å². The third-order valence-electron chi connectivity index (χ3n) is 10.8. The van der Waals surface area contributed by atoms with Crippen LogP contribution in [0.2, 0.25) is 0 Å². The molecule has 0 fully saturated rings. The second-order valence-corrected chi connectivity index (χ2v) is 18.3. The molecule has 1 atom stereocenters. The summed E-state index contributed by atoms with van der Waals surface area (Å²) in [7, 11) is -8.83. The van der Waals surface area contributed by atoms with Crippen LogP contribution in [0.3, 0.4) is 0 Å². The van der Waals surface area contributed by atoms with Crippen molar-refractivity contribution in [3.63, 3.8) is 0 Å².